The standard InChI is InChI=1S/C15H23N5S/c1-10-6-7-13(21-10)8-17-15(16-4)18-9-14-11(2)19-20(5)12(14)3/h6-7H,8-9H2,1-5H3,(H2,16,17,18). The molecular formula is C15H23N5S. The molecule has 2 N–H and O–H groups in total. The van der Waals surface area contributed by atoms with Gasteiger partial charge in [-0.2, -0.15) is 5.10 Å². The summed E-state index contributed by atoms with van der Waals surface area (Å²) in [6.45, 7) is 7.77. The van der Waals surface area contributed by atoms with Crippen LogP contribution in [0.5, 0.6) is 0 Å². The topological polar surface area (TPSA) is 54.2 Å². The van der Waals surface area contributed by atoms with Crippen LogP contribution in [0.1, 0.15) is 26.7 Å². The molecule has 0 bridgehead atoms. The van der Waals surface area contributed by atoms with Crippen LogP contribution in [0.15, 0.2) is 17.1 Å². The van der Waals surface area contributed by atoms with Crippen LogP contribution in [0, 0.1) is 20.8 Å². The van der Waals surface area contributed by atoms with Crippen LogP contribution < -0.4 is 10.6 Å². The number of rotatable bonds is 4. The third-order valence-corrected chi connectivity index (χ3v) is 4.54. The Morgan fingerprint density at radius 2 is 1.95 bits per heavy atom. The van der Waals surface area contributed by atoms with Gasteiger partial charge in [0, 0.05) is 41.7 Å². The zero-order valence-corrected chi connectivity index (χ0v) is 14.1. The molecular weight excluding hydrogens is 282 g/mol. The lowest BCUT2D eigenvalue weighted by Gasteiger charge is -2.11. The quantitative estimate of drug-likeness (QED) is 0.673. The molecule has 0 fully saturated rings. The van der Waals surface area contributed by atoms with Gasteiger partial charge >= 0.3 is 0 Å². The Labute approximate surface area is 130 Å². The molecule has 0 aromatic carbocycles. The van der Waals surface area contributed by atoms with Crippen LogP contribution in [0.4, 0.5) is 0 Å². The first-order valence-electron chi connectivity index (χ1n) is 7.00. The van der Waals surface area contributed by atoms with Crippen molar-refractivity contribution in [2.24, 2.45) is 12.0 Å². The van der Waals surface area contributed by atoms with Crippen molar-refractivity contribution in [3.05, 3.63) is 38.8 Å². The minimum absolute atomic E-state index is 0.731. The van der Waals surface area contributed by atoms with Gasteiger partial charge in [-0.05, 0) is 32.9 Å². The van der Waals surface area contributed by atoms with Gasteiger partial charge in [-0.15, -0.1) is 11.3 Å². The van der Waals surface area contributed by atoms with Crippen molar-refractivity contribution in [1.29, 1.82) is 0 Å². The van der Waals surface area contributed by atoms with E-state index in [2.05, 4.69) is 46.7 Å². The summed E-state index contributed by atoms with van der Waals surface area (Å²) in [6, 6.07) is 4.29. The van der Waals surface area contributed by atoms with Crippen LogP contribution in [0.25, 0.3) is 0 Å². The Morgan fingerprint density at radius 3 is 2.48 bits per heavy atom. The van der Waals surface area contributed by atoms with E-state index in [0.717, 1.165) is 24.7 Å². The first kappa shape index (κ1) is 15.6. The molecule has 0 saturated carbocycles. The fourth-order valence-corrected chi connectivity index (χ4v) is 3.05. The molecule has 0 aliphatic carbocycles. The summed E-state index contributed by atoms with van der Waals surface area (Å²) in [5, 5.41) is 11.1. The maximum atomic E-state index is 4.43. The average Bonchev–Trinajstić information content (AvgIpc) is 2.96. The molecule has 5 nitrogen and oxygen atoms in total. The van der Waals surface area contributed by atoms with Gasteiger partial charge in [0.15, 0.2) is 5.96 Å². The van der Waals surface area contributed by atoms with Gasteiger partial charge in [0.05, 0.1) is 12.2 Å². The van der Waals surface area contributed by atoms with Crippen LogP contribution in [0.3, 0.4) is 0 Å². The van der Waals surface area contributed by atoms with Crippen molar-refractivity contribution in [2.75, 3.05) is 7.05 Å². The Bertz CT molecular complexity index is 639. The molecule has 2 aromatic heterocycles. The highest BCUT2D eigenvalue weighted by atomic mass is 32.1. The van der Waals surface area contributed by atoms with Crippen molar-refractivity contribution in [3.8, 4) is 0 Å². The second-order valence-corrected chi connectivity index (χ2v) is 6.44. The van der Waals surface area contributed by atoms with Gasteiger partial charge in [-0.3, -0.25) is 9.67 Å². The van der Waals surface area contributed by atoms with Crippen molar-refractivity contribution in [2.45, 2.75) is 33.9 Å². The van der Waals surface area contributed by atoms with Gasteiger partial charge in [0.25, 0.3) is 0 Å². The molecule has 0 aliphatic heterocycles. The zero-order chi connectivity index (χ0) is 15.4. The second-order valence-electron chi connectivity index (χ2n) is 5.06. The molecule has 2 rings (SSSR count). The maximum Gasteiger partial charge on any atom is 0.191 e. The Hall–Kier alpha value is -1.82. The van der Waals surface area contributed by atoms with E-state index in [1.54, 1.807) is 18.4 Å². The monoisotopic (exact) mass is 305 g/mol. The number of nitrogens with zero attached hydrogens (tertiary/aromatic N) is 3. The first-order valence-corrected chi connectivity index (χ1v) is 7.81. The number of guanidine groups is 1. The van der Waals surface area contributed by atoms with E-state index in [4.69, 9.17) is 0 Å². The summed E-state index contributed by atoms with van der Waals surface area (Å²) in [5.74, 6) is 0.809. The molecule has 0 amide bonds. The van der Waals surface area contributed by atoms with Crippen LogP contribution in [0.2, 0.25) is 0 Å². The highest BCUT2D eigenvalue weighted by molar-refractivity contribution is 7.11. The molecule has 0 atom stereocenters. The van der Waals surface area contributed by atoms with Crippen LogP contribution in [-0.2, 0) is 20.1 Å². The van der Waals surface area contributed by atoms with E-state index in [-0.39, 0.29) is 0 Å². The predicted octanol–water partition coefficient (Wildman–Crippen LogP) is 2.27. The van der Waals surface area contributed by atoms with Gasteiger partial charge in [0.1, 0.15) is 0 Å². The van der Waals surface area contributed by atoms with Gasteiger partial charge in [-0.1, -0.05) is 0 Å². The van der Waals surface area contributed by atoms with E-state index in [1.807, 2.05) is 18.7 Å². The minimum atomic E-state index is 0.731. The normalized spacial score (nSPS) is 11.8. The molecule has 0 radical (unpaired) electrons. The number of hydrogen-bond acceptors (Lipinski definition) is 3. The van der Waals surface area contributed by atoms with Crippen LogP contribution >= 0.6 is 11.3 Å². The van der Waals surface area contributed by atoms with E-state index >= 15 is 0 Å². The highest BCUT2D eigenvalue weighted by Crippen LogP contribution is 2.14. The summed E-state index contributed by atoms with van der Waals surface area (Å²) in [4.78, 5) is 6.90. The maximum absolute atomic E-state index is 4.43. The van der Waals surface area contributed by atoms with E-state index in [0.29, 0.717) is 0 Å². The summed E-state index contributed by atoms with van der Waals surface area (Å²) >= 11 is 1.80. The van der Waals surface area contributed by atoms with Gasteiger partial charge in [0.2, 0.25) is 0 Å². The molecule has 0 aliphatic rings. The predicted molar refractivity (Wildman–Crippen MR) is 88.8 cm³/mol. The number of thiophene rings is 1. The Balaban J connectivity index is 1.91. The smallest absolute Gasteiger partial charge is 0.191 e. The molecule has 0 spiro atoms. The third kappa shape index (κ3) is 3.85. The number of aromatic nitrogens is 2. The summed E-state index contributed by atoms with van der Waals surface area (Å²) in [5.41, 5.74) is 3.48. The fraction of sp³-hybridized carbons (Fsp3) is 0.467. The number of nitrogens with one attached hydrogen (secondary N) is 2. The van der Waals surface area contributed by atoms with E-state index in [1.165, 1.54) is 21.0 Å². The fourth-order valence-electron chi connectivity index (χ4n) is 2.22. The van der Waals surface area contributed by atoms with Crippen molar-refractivity contribution in [3.63, 3.8) is 0 Å². The summed E-state index contributed by atoms with van der Waals surface area (Å²) in [7, 11) is 3.76. The van der Waals surface area contributed by atoms with Crippen molar-refractivity contribution < 1.29 is 0 Å². The number of aliphatic imine (C=N–C) groups is 1. The molecule has 0 saturated heterocycles. The zero-order valence-electron chi connectivity index (χ0n) is 13.3. The Morgan fingerprint density at radius 1 is 1.24 bits per heavy atom. The van der Waals surface area contributed by atoms with Gasteiger partial charge < -0.3 is 10.6 Å². The third-order valence-electron chi connectivity index (χ3n) is 3.54. The van der Waals surface area contributed by atoms with E-state index < -0.39 is 0 Å². The largest absolute Gasteiger partial charge is 0.352 e. The molecule has 0 unspecified atom stereocenters. The Kier molecular flexibility index (Phi) is 5.01. The molecule has 114 valence electrons. The SMILES string of the molecule is CN=C(NCc1ccc(C)s1)NCc1c(C)nn(C)c1C. The van der Waals surface area contributed by atoms with Crippen molar-refractivity contribution in [1.82, 2.24) is 20.4 Å². The lowest BCUT2D eigenvalue weighted by Crippen LogP contribution is -2.36. The van der Waals surface area contributed by atoms with E-state index in [9.17, 15) is 0 Å². The summed E-state index contributed by atoms with van der Waals surface area (Å²) in [6.07, 6.45) is 0. The van der Waals surface area contributed by atoms with Gasteiger partial charge in [-0.25, -0.2) is 0 Å². The molecule has 2 aromatic rings. The number of aryl methyl sites for hydroxylation is 3. The number of hydrogen-bond donors (Lipinski definition) is 2. The van der Waals surface area contributed by atoms with Crippen molar-refractivity contribution >= 4 is 17.3 Å². The molecule has 21 heavy (non-hydrogen) atoms. The molecule has 6 heteroatoms. The second kappa shape index (κ2) is 6.76. The lowest BCUT2D eigenvalue weighted by atomic mass is 10.2. The summed E-state index contributed by atoms with van der Waals surface area (Å²) < 4.78 is 1.91. The lowest BCUT2D eigenvalue weighted by molar-refractivity contribution is 0.728. The molecule has 2 heterocycles. The first-order chi connectivity index (χ1) is 10.0. The minimum Gasteiger partial charge on any atom is -0.352 e. The highest BCUT2D eigenvalue weighted by Gasteiger charge is 2.09. The average molecular weight is 305 g/mol. The van der Waals surface area contributed by atoms with Crippen LogP contribution in [-0.4, -0.2) is 22.8 Å².